The summed E-state index contributed by atoms with van der Waals surface area (Å²) in [5, 5.41) is 17.4. The lowest BCUT2D eigenvalue weighted by Gasteiger charge is -2.13. The van der Waals surface area contributed by atoms with Crippen LogP contribution in [-0.2, 0) is 15.7 Å². The van der Waals surface area contributed by atoms with E-state index < -0.39 is 23.9 Å². The number of halogens is 3. The lowest BCUT2D eigenvalue weighted by atomic mass is 10.3. The summed E-state index contributed by atoms with van der Waals surface area (Å²) in [5.41, 5.74) is -1.15. The molecule has 0 saturated carbocycles. The van der Waals surface area contributed by atoms with Gasteiger partial charge in [-0.15, -0.1) is 10.2 Å². The first-order valence-corrected chi connectivity index (χ1v) is 4.74. The van der Waals surface area contributed by atoms with Crippen molar-refractivity contribution in [1.29, 1.82) is 0 Å². The maximum Gasteiger partial charge on any atom is 0.435 e. The molecule has 1 atom stereocenters. The Morgan fingerprint density at radius 1 is 1.50 bits per heavy atom. The Morgan fingerprint density at radius 2 is 2.17 bits per heavy atom. The molecule has 0 radical (unpaired) electrons. The van der Waals surface area contributed by atoms with Crippen LogP contribution in [0.3, 0.4) is 0 Å². The number of carbonyl (C=O) groups is 1. The Labute approximate surface area is 99.8 Å². The van der Waals surface area contributed by atoms with Crippen LogP contribution in [-0.4, -0.2) is 41.0 Å². The van der Waals surface area contributed by atoms with E-state index in [-0.39, 0.29) is 12.4 Å². The van der Waals surface area contributed by atoms with Gasteiger partial charge in [0.15, 0.2) is 5.69 Å². The second-order valence-electron chi connectivity index (χ2n) is 3.29. The molecule has 0 fully saturated rings. The van der Waals surface area contributed by atoms with Gasteiger partial charge in [0, 0.05) is 7.11 Å². The van der Waals surface area contributed by atoms with Gasteiger partial charge in [-0.3, -0.25) is 0 Å². The van der Waals surface area contributed by atoms with Gasteiger partial charge in [0.1, 0.15) is 11.9 Å². The Kier molecular flexibility index (Phi) is 4.43. The molecule has 0 spiro atoms. The third kappa shape index (κ3) is 3.84. The predicted octanol–water partition coefficient (Wildman–Crippen LogP) is 1.01. The summed E-state index contributed by atoms with van der Waals surface area (Å²) in [4.78, 5) is 10.7. The molecular weight excluding hydrogens is 255 g/mol. The van der Waals surface area contributed by atoms with Gasteiger partial charge in [0.25, 0.3) is 0 Å². The lowest BCUT2D eigenvalue weighted by molar-refractivity contribution is -0.142. The minimum Gasteiger partial charge on any atom is -0.480 e. The van der Waals surface area contributed by atoms with E-state index in [1.165, 1.54) is 7.11 Å². The normalized spacial score (nSPS) is 13.1. The molecule has 0 aromatic carbocycles. The second kappa shape index (κ2) is 5.63. The standard InChI is InChI=1S/C9H10F3N3O3/c1-18-4-5(8(16)17)13-7-3-2-6(14-15-7)9(10,11)12/h2-3,5H,4H2,1H3,(H,13,15)(H,16,17). The zero-order chi connectivity index (χ0) is 13.8. The van der Waals surface area contributed by atoms with E-state index >= 15 is 0 Å². The largest absolute Gasteiger partial charge is 0.480 e. The van der Waals surface area contributed by atoms with Crippen LogP contribution in [0.2, 0.25) is 0 Å². The van der Waals surface area contributed by atoms with Crippen molar-refractivity contribution >= 4 is 11.8 Å². The van der Waals surface area contributed by atoms with Crippen LogP contribution in [0.4, 0.5) is 19.0 Å². The summed E-state index contributed by atoms with van der Waals surface area (Å²) >= 11 is 0. The molecule has 1 aromatic heterocycles. The van der Waals surface area contributed by atoms with E-state index in [1.54, 1.807) is 0 Å². The number of hydrogen-bond acceptors (Lipinski definition) is 5. The topological polar surface area (TPSA) is 84.3 Å². The molecule has 0 aliphatic rings. The molecule has 1 heterocycles. The van der Waals surface area contributed by atoms with Crippen molar-refractivity contribution in [3.05, 3.63) is 17.8 Å². The van der Waals surface area contributed by atoms with Crippen LogP contribution >= 0.6 is 0 Å². The van der Waals surface area contributed by atoms with Crippen molar-refractivity contribution in [2.75, 3.05) is 19.0 Å². The zero-order valence-electron chi connectivity index (χ0n) is 9.23. The molecule has 6 nitrogen and oxygen atoms in total. The molecule has 18 heavy (non-hydrogen) atoms. The molecule has 9 heteroatoms. The van der Waals surface area contributed by atoms with E-state index in [0.29, 0.717) is 6.07 Å². The maximum absolute atomic E-state index is 12.2. The third-order valence-electron chi connectivity index (χ3n) is 1.91. The molecule has 1 aromatic rings. The van der Waals surface area contributed by atoms with Gasteiger partial charge >= 0.3 is 12.1 Å². The van der Waals surface area contributed by atoms with Crippen molar-refractivity contribution in [3.8, 4) is 0 Å². The molecule has 1 rings (SSSR count). The highest BCUT2D eigenvalue weighted by Gasteiger charge is 2.33. The number of nitrogens with zero attached hydrogens (tertiary/aromatic N) is 2. The Morgan fingerprint density at radius 3 is 2.56 bits per heavy atom. The minimum atomic E-state index is -4.58. The Balaban J connectivity index is 2.76. The molecule has 100 valence electrons. The summed E-state index contributed by atoms with van der Waals surface area (Å²) in [5.74, 6) is -1.29. The van der Waals surface area contributed by atoms with Gasteiger partial charge in [-0.05, 0) is 12.1 Å². The van der Waals surface area contributed by atoms with Crippen molar-refractivity contribution in [3.63, 3.8) is 0 Å². The molecule has 0 amide bonds. The number of methoxy groups -OCH3 is 1. The van der Waals surface area contributed by atoms with E-state index in [0.717, 1.165) is 6.07 Å². The number of carboxylic acid groups (broad SMARTS) is 1. The van der Waals surface area contributed by atoms with E-state index in [4.69, 9.17) is 5.11 Å². The van der Waals surface area contributed by atoms with Crippen molar-refractivity contribution in [2.45, 2.75) is 12.2 Å². The average molecular weight is 265 g/mol. The second-order valence-corrected chi connectivity index (χ2v) is 3.29. The molecular formula is C9H10F3N3O3. The van der Waals surface area contributed by atoms with Crippen LogP contribution in [0.1, 0.15) is 5.69 Å². The van der Waals surface area contributed by atoms with Gasteiger partial charge in [-0.25, -0.2) is 4.79 Å². The third-order valence-corrected chi connectivity index (χ3v) is 1.91. The number of nitrogens with one attached hydrogen (secondary N) is 1. The number of rotatable bonds is 5. The van der Waals surface area contributed by atoms with Crippen LogP contribution in [0.25, 0.3) is 0 Å². The average Bonchev–Trinajstić information content (AvgIpc) is 2.28. The quantitative estimate of drug-likeness (QED) is 0.826. The fraction of sp³-hybridized carbons (Fsp3) is 0.444. The summed E-state index contributed by atoms with van der Waals surface area (Å²) in [6.45, 7) is -0.155. The Hall–Kier alpha value is -1.90. The smallest absolute Gasteiger partial charge is 0.435 e. The van der Waals surface area contributed by atoms with Gasteiger partial charge in [0.2, 0.25) is 0 Å². The van der Waals surface area contributed by atoms with Gasteiger partial charge in [0.05, 0.1) is 6.61 Å². The summed E-state index contributed by atoms with van der Waals surface area (Å²) < 4.78 is 41.2. The van der Waals surface area contributed by atoms with Gasteiger partial charge in [-0.2, -0.15) is 13.2 Å². The molecule has 2 N–H and O–H groups in total. The maximum atomic E-state index is 12.2. The van der Waals surface area contributed by atoms with Crippen molar-refractivity contribution < 1.29 is 27.8 Å². The monoisotopic (exact) mass is 265 g/mol. The van der Waals surface area contributed by atoms with Crippen molar-refractivity contribution in [2.24, 2.45) is 0 Å². The molecule has 1 unspecified atom stereocenters. The summed E-state index contributed by atoms with van der Waals surface area (Å²) in [6.07, 6.45) is -4.58. The lowest BCUT2D eigenvalue weighted by Crippen LogP contribution is -2.34. The first-order valence-electron chi connectivity index (χ1n) is 4.74. The summed E-state index contributed by atoms with van der Waals surface area (Å²) in [6, 6.07) is 0.601. The number of carboxylic acids is 1. The van der Waals surface area contributed by atoms with Crippen LogP contribution < -0.4 is 5.32 Å². The number of aliphatic carboxylic acids is 1. The highest BCUT2D eigenvalue weighted by Crippen LogP contribution is 2.27. The molecule has 0 aliphatic carbocycles. The minimum absolute atomic E-state index is 0.0764. The van der Waals surface area contributed by atoms with Crippen LogP contribution in [0.5, 0.6) is 0 Å². The fourth-order valence-electron chi connectivity index (χ4n) is 1.08. The number of alkyl halides is 3. The van der Waals surface area contributed by atoms with Gasteiger partial charge < -0.3 is 15.2 Å². The predicted molar refractivity (Wildman–Crippen MR) is 54.0 cm³/mol. The highest BCUT2D eigenvalue weighted by atomic mass is 19.4. The highest BCUT2D eigenvalue weighted by molar-refractivity contribution is 5.76. The van der Waals surface area contributed by atoms with E-state index in [1.807, 2.05) is 0 Å². The van der Waals surface area contributed by atoms with E-state index in [2.05, 4.69) is 20.3 Å². The van der Waals surface area contributed by atoms with Gasteiger partial charge in [-0.1, -0.05) is 0 Å². The molecule has 0 saturated heterocycles. The first-order chi connectivity index (χ1) is 8.34. The van der Waals surface area contributed by atoms with Crippen LogP contribution in [0, 0.1) is 0 Å². The van der Waals surface area contributed by atoms with E-state index in [9.17, 15) is 18.0 Å². The first kappa shape index (κ1) is 14.2. The number of aromatic nitrogens is 2. The molecule has 0 bridgehead atoms. The van der Waals surface area contributed by atoms with Crippen LogP contribution in [0.15, 0.2) is 12.1 Å². The number of hydrogen-bond donors (Lipinski definition) is 2. The molecule has 0 aliphatic heterocycles. The number of anilines is 1. The SMILES string of the molecule is COCC(Nc1ccc(C(F)(F)F)nn1)C(=O)O. The number of ether oxygens (including phenoxy) is 1. The Bertz CT molecular complexity index is 408. The fourth-order valence-corrected chi connectivity index (χ4v) is 1.08. The zero-order valence-corrected chi connectivity index (χ0v) is 9.23. The summed E-state index contributed by atoms with van der Waals surface area (Å²) in [7, 11) is 1.30. The van der Waals surface area contributed by atoms with Crippen molar-refractivity contribution in [1.82, 2.24) is 10.2 Å².